The maximum atomic E-state index is 13.8. The molecule has 0 saturated carbocycles. The van der Waals surface area contributed by atoms with Crippen LogP contribution >= 0.6 is 23.2 Å². The summed E-state index contributed by atoms with van der Waals surface area (Å²) in [6, 6.07) is 21.0. The topological polar surface area (TPSA) is 86.8 Å². The summed E-state index contributed by atoms with van der Waals surface area (Å²) in [4.78, 5) is 28.7. The normalized spacial score (nSPS) is 12.0. The van der Waals surface area contributed by atoms with Crippen molar-refractivity contribution in [2.45, 2.75) is 45.7 Å². The predicted octanol–water partition coefficient (Wildman–Crippen LogP) is 5.62. The van der Waals surface area contributed by atoms with Crippen molar-refractivity contribution in [3.63, 3.8) is 0 Å². The number of amides is 2. The fourth-order valence-electron chi connectivity index (χ4n) is 4.50. The van der Waals surface area contributed by atoms with Gasteiger partial charge >= 0.3 is 0 Å². The molecule has 1 unspecified atom stereocenters. The Morgan fingerprint density at radius 3 is 2.23 bits per heavy atom. The van der Waals surface area contributed by atoms with Crippen molar-refractivity contribution in [1.29, 1.82) is 0 Å². The molecule has 0 aliphatic rings. The Morgan fingerprint density at radius 2 is 1.57 bits per heavy atom. The Hall–Kier alpha value is -3.07. The summed E-state index contributed by atoms with van der Waals surface area (Å²) < 4.78 is 26.6. The fourth-order valence-corrected chi connectivity index (χ4v) is 5.89. The number of carbonyl (C=O) groups excluding carboxylic acids is 2. The fraction of sp³-hybridized carbons (Fsp3) is 0.333. The van der Waals surface area contributed by atoms with Crippen LogP contribution in [0.2, 0.25) is 10.0 Å². The van der Waals surface area contributed by atoms with Crippen LogP contribution in [0.4, 0.5) is 5.69 Å². The van der Waals surface area contributed by atoms with Gasteiger partial charge in [-0.25, -0.2) is 8.42 Å². The third-order valence-electron chi connectivity index (χ3n) is 6.58. The summed E-state index contributed by atoms with van der Waals surface area (Å²) >= 11 is 12.7. The summed E-state index contributed by atoms with van der Waals surface area (Å²) in [7, 11) is -3.64. The van der Waals surface area contributed by atoms with Crippen LogP contribution < -0.4 is 9.62 Å². The summed E-state index contributed by atoms with van der Waals surface area (Å²) in [6.45, 7) is 4.22. The second-order valence-corrected chi connectivity index (χ2v) is 12.3. The SMILES string of the molecule is CCNC(=O)C(Cc1ccccc1)N(Cc1ccccc1Cl)C(=O)CCCN(c1cccc(Cl)c1C)S(C)(=O)=O. The molecule has 3 aromatic rings. The molecule has 7 nitrogen and oxygen atoms in total. The van der Waals surface area contributed by atoms with Crippen LogP contribution in [-0.2, 0) is 32.6 Å². The average molecular weight is 605 g/mol. The van der Waals surface area contributed by atoms with E-state index in [0.717, 1.165) is 11.8 Å². The number of halogens is 2. The highest BCUT2D eigenvalue weighted by molar-refractivity contribution is 7.92. The number of hydrogen-bond acceptors (Lipinski definition) is 4. The third kappa shape index (κ3) is 8.46. The lowest BCUT2D eigenvalue weighted by molar-refractivity contribution is -0.141. The summed E-state index contributed by atoms with van der Waals surface area (Å²) in [5.74, 6) is -0.539. The highest BCUT2D eigenvalue weighted by Gasteiger charge is 2.31. The van der Waals surface area contributed by atoms with E-state index in [-0.39, 0.29) is 37.7 Å². The maximum absolute atomic E-state index is 13.8. The van der Waals surface area contributed by atoms with Crippen LogP contribution in [-0.4, -0.2) is 50.5 Å². The maximum Gasteiger partial charge on any atom is 0.243 e. The van der Waals surface area contributed by atoms with Gasteiger partial charge in [0.05, 0.1) is 11.9 Å². The van der Waals surface area contributed by atoms with Crippen molar-refractivity contribution in [2.75, 3.05) is 23.7 Å². The van der Waals surface area contributed by atoms with Crippen LogP contribution in [0.1, 0.15) is 36.5 Å². The van der Waals surface area contributed by atoms with Gasteiger partial charge in [-0.05, 0) is 55.2 Å². The first-order valence-electron chi connectivity index (χ1n) is 13.1. The van der Waals surface area contributed by atoms with Gasteiger partial charge in [0, 0.05) is 42.5 Å². The second kappa shape index (κ2) is 14.5. The highest BCUT2D eigenvalue weighted by Crippen LogP contribution is 2.29. The Balaban J connectivity index is 1.89. The second-order valence-electron chi connectivity index (χ2n) is 9.54. The Bertz CT molecular complexity index is 1420. The van der Waals surface area contributed by atoms with Gasteiger partial charge in [0.25, 0.3) is 0 Å². The molecule has 0 aliphatic carbocycles. The van der Waals surface area contributed by atoms with E-state index < -0.39 is 16.1 Å². The largest absolute Gasteiger partial charge is 0.355 e. The molecule has 0 saturated heterocycles. The van der Waals surface area contributed by atoms with Gasteiger partial charge in [-0.3, -0.25) is 13.9 Å². The first-order chi connectivity index (χ1) is 19.0. The van der Waals surface area contributed by atoms with Gasteiger partial charge in [0.15, 0.2) is 0 Å². The molecular weight excluding hydrogens is 569 g/mol. The van der Waals surface area contributed by atoms with Gasteiger partial charge in [-0.15, -0.1) is 0 Å². The zero-order valence-corrected chi connectivity index (χ0v) is 25.3. The molecule has 3 aromatic carbocycles. The molecule has 0 fully saturated rings. The first-order valence-corrected chi connectivity index (χ1v) is 15.7. The molecule has 214 valence electrons. The molecule has 0 radical (unpaired) electrons. The number of anilines is 1. The highest BCUT2D eigenvalue weighted by atomic mass is 35.5. The van der Waals surface area contributed by atoms with Crippen molar-refractivity contribution < 1.29 is 18.0 Å². The smallest absolute Gasteiger partial charge is 0.243 e. The number of rotatable bonds is 13. The van der Waals surface area contributed by atoms with Crippen molar-refractivity contribution >= 4 is 50.7 Å². The minimum Gasteiger partial charge on any atom is -0.355 e. The zero-order valence-electron chi connectivity index (χ0n) is 22.9. The molecule has 1 N–H and O–H groups in total. The number of nitrogens with zero attached hydrogens (tertiary/aromatic N) is 2. The molecule has 0 heterocycles. The molecule has 0 bridgehead atoms. The monoisotopic (exact) mass is 603 g/mol. The van der Waals surface area contributed by atoms with Gasteiger partial charge in [-0.2, -0.15) is 0 Å². The number of likely N-dealkylation sites (N-methyl/N-ethyl adjacent to an activating group) is 1. The van der Waals surface area contributed by atoms with Gasteiger partial charge in [-0.1, -0.05) is 77.8 Å². The lowest BCUT2D eigenvalue weighted by Crippen LogP contribution is -2.50. The van der Waals surface area contributed by atoms with Crippen LogP contribution in [0.25, 0.3) is 0 Å². The lowest BCUT2D eigenvalue weighted by Gasteiger charge is -2.32. The molecule has 10 heteroatoms. The predicted molar refractivity (Wildman–Crippen MR) is 162 cm³/mol. The van der Waals surface area contributed by atoms with Crippen molar-refractivity contribution in [3.8, 4) is 0 Å². The van der Waals surface area contributed by atoms with Crippen LogP contribution in [0, 0.1) is 6.92 Å². The molecule has 0 spiro atoms. The minimum atomic E-state index is -3.64. The lowest BCUT2D eigenvalue weighted by atomic mass is 10.0. The zero-order chi connectivity index (χ0) is 29.3. The third-order valence-corrected chi connectivity index (χ3v) is 8.54. The number of benzene rings is 3. The van der Waals surface area contributed by atoms with Crippen LogP contribution in [0.5, 0.6) is 0 Å². The minimum absolute atomic E-state index is 0.0286. The van der Waals surface area contributed by atoms with Crippen LogP contribution in [0.15, 0.2) is 72.8 Å². The van der Waals surface area contributed by atoms with E-state index in [4.69, 9.17) is 23.2 Å². The van der Waals surface area contributed by atoms with E-state index in [9.17, 15) is 18.0 Å². The summed E-state index contributed by atoms with van der Waals surface area (Å²) in [6.07, 6.45) is 1.72. The Labute approximate surface area is 247 Å². The van der Waals surface area contributed by atoms with Crippen molar-refractivity contribution in [2.24, 2.45) is 0 Å². The van der Waals surface area contributed by atoms with E-state index in [1.54, 1.807) is 42.2 Å². The van der Waals surface area contributed by atoms with Gasteiger partial charge in [0.2, 0.25) is 21.8 Å². The molecule has 3 rings (SSSR count). The number of carbonyl (C=O) groups is 2. The molecule has 0 aromatic heterocycles. The average Bonchev–Trinajstić information content (AvgIpc) is 2.91. The summed E-state index contributed by atoms with van der Waals surface area (Å²) in [5.41, 5.74) is 2.74. The molecular formula is C30H35Cl2N3O4S. The standard InChI is InChI=1S/C30H35Cl2N3O4S/c1-4-33-30(37)28(20-23-12-6-5-7-13-23)34(21-24-14-8-9-15-26(24)32)29(36)18-11-19-35(40(3,38)39)27-17-10-16-25(31)22(27)2/h5-10,12-17,28H,4,11,18-21H2,1-3H3,(H,33,37). The number of hydrogen-bond donors (Lipinski definition) is 1. The van der Waals surface area contributed by atoms with E-state index in [1.807, 2.05) is 49.4 Å². The quantitative estimate of drug-likeness (QED) is 0.274. The molecule has 40 heavy (non-hydrogen) atoms. The van der Waals surface area contributed by atoms with E-state index in [0.29, 0.717) is 39.8 Å². The van der Waals surface area contributed by atoms with Gasteiger partial charge in [0.1, 0.15) is 6.04 Å². The summed E-state index contributed by atoms with van der Waals surface area (Å²) in [5, 5.41) is 3.82. The van der Waals surface area contributed by atoms with E-state index in [1.165, 1.54) is 4.31 Å². The first kappa shape index (κ1) is 31.5. The molecule has 2 amide bonds. The molecule has 0 aliphatic heterocycles. The Kier molecular flexibility index (Phi) is 11.4. The van der Waals surface area contributed by atoms with E-state index in [2.05, 4.69) is 5.32 Å². The number of sulfonamides is 1. The van der Waals surface area contributed by atoms with E-state index >= 15 is 0 Å². The van der Waals surface area contributed by atoms with Crippen molar-refractivity contribution in [1.82, 2.24) is 10.2 Å². The van der Waals surface area contributed by atoms with Gasteiger partial charge < -0.3 is 10.2 Å². The Morgan fingerprint density at radius 1 is 0.925 bits per heavy atom. The number of nitrogens with one attached hydrogen (secondary N) is 1. The molecule has 1 atom stereocenters. The van der Waals surface area contributed by atoms with Crippen molar-refractivity contribution in [3.05, 3.63) is 99.5 Å². The van der Waals surface area contributed by atoms with Crippen LogP contribution in [0.3, 0.4) is 0 Å².